The van der Waals surface area contributed by atoms with Crippen LogP contribution in [0.4, 0.5) is 5.69 Å². The Bertz CT molecular complexity index is 596. The molecule has 1 aromatic carbocycles. The van der Waals surface area contributed by atoms with Crippen molar-refractivity contribution >= 4 is 16.6 Å². The van der Waals surface area contributed by atoms with E-state index < -0.39 is 0 Å². The highest BCUT2D eigenvalue weighted by Gasteiger charge is 2.18. The summed E-state index contributed by atoms with van der Waals surface area (Å²) in [6.45, 7) is 1.39. The minimum Gasteiger partial charge on any atom is -0.497 e. The molecule has 0 unspecified atom stereocenters. The molecule has 0 fully saturated rings. The van der Waals surface area contributed by atoms with E-state index in [9.17, 15) is 0 Å². The molecule has 1 aromatic heterocycles. The first-order valence-electron chi connectivity index (χ1n) is 6.08. The maximum absolute atomic E-state index is 5.53. The summed E-state index contributed by atoms with van der Waals surface area (Å²) in [5.41, 5.74) is 4.42. The Morgan fingerprint density at radius 3 is 3.06 bits per heavy atom. The molecule has 1 aliphatic rings. The molecule has 2 heterocycles. The molecule has 0 saturated heterocycles. The van der Waals surface area contributed by atoms with E-state index in [1.807, 2.05) is 25.2 Å². The van der Waals surface area contributed by atoms with Crippen molar-refractivity contribution in [2.24, 2.45) is 0 Å². The van der Waals surface area contributed by atoms with Crippen LogP contribution in [0.5, 0.6) is 5.75 Å². The molecule has 0 radical (unpaired) electrons. The van der Waals surface area contributed by atoms with Crippen molar-refractivity contribution in [3.05, 3.63) is 29.5 Å². The van der Waals surface area contributed by atoms with Gasteiger partial charge in [-0.05, 0) is 18.2 Å². The molecule has 0 amide bonds. The number of anilines is 1. The minimum atomic E-state index is 0.631. The second-order valence-corrected chi connectivity index (χ2v) is 4.35. The Hall–Kier alpha value is -1.81. The van der Waals surface area contributed by atoms with Crippen molar-refractivity contribution in [2.45, 2.75) is 13.0 Å². The lowest BCUT2D eigenvalue weighted by Crippen LogP contribution is -2.14. The number of hydrogen-bond donors (Lipinski definition) is 1. The second-order valence-electron chi connectivity index (χ2n) is 4.35. The normalized spacial score (nSPS) is 14.3. The monoisotopic (exact) mass is 244 g/mol. The lowest BCUT2D eigenvalue weighted by Gasteiger charge is -2.21. The average Bonchev–Trinajstić information content (AvgIpc) is 2.44. The third-order valence-electron chi connectivity index (χ3n) is 3.36. The number of hydrogen-bond acceptors (Lipinski definition) is 4. The first-order valence-corrected chi connectivity index (χ1v) is 6.08. The van der Waals surface area contributed by atoms with Crippen molar-refractivity contribution in [2.75, 3.05) is 26.1 Å². The lowest BCUT2D eigenvalue weighted by atomic mass is 10.0. The van der Waals surface area contributed by atoms with Crippen LogP contribution < -0.4 is 10.1 Å². The molecule has 4 heteroatoms. The fraction of sp³-hybridized carbons (Fsp3) is 0.357. The molecule has 3 rings (SSSR count). The molecule has 1 N–H and O–H groups in total. The molecule has 4 nitrogen and oxygen atoms in total. The van der Waals surface area contributed by atoms with Gasteiger partial charge in [0.1, 0.15) is 5.75 Å². The molecule has 18 heavy (non-hydrogen) atoms. The number of benzene rings is 1. The number of nitrogens with zero attached hydrogens (tertiary/aromatic N) is 1. The Labute approximate surface area is 106 Å². The zero-order valence-electron chi connectivity index (χ0n) is 10.6. The van der Waals surface area contributed by atoms with E-state index in [-0.39, 0.29) is 0 Å². The van der Waals surface area contributed by atoms with Crippen molar-refractivity contribution in [1.29, 1.82) is 0 Å². The predicted molar refractivity (Wildman–Crippen MR) is 71.2 cm³/mol. The molecular weight excluding hydrogens is 228 g/mol. The van der Waals surface area contributed by atoms with Crippen molar-refractivity contribution in [1.82, 2.24) is 4.98 Å². The van der Waals surface area contributed by atoms with Gasteiger partial charge in [0, 0.05) is 24.4 Å². The molecule has 94 valence electrons. The fourth-order valence-corrected chi connectivity index (χ4v) is 2.45. The molecule has 0 spiro atoms. The smallest absolute Gasteiger partial charge is 0.119 e. The quantitative estimate of drug-likeness (QED) is 0.880. The van der Waals surface area contributed by atoms with E-state index in [1.54, 1.807) is 7.11 Å². The topological polar surface area (TPSA) is 43.4 Å². The van der Waals surface area contributed by atoms with E-state index in [4.69, 9.17) is 14.5 Å². The van der Waals surface area contributed by atoms with E-state index >= 15 is 0 Å². The summed E-state index contributed by atoms with van der Waals surface area (Å²) in [7, 11) is 3.61. The fourth-order valence-electron chi connectivity index (χ4n) is 2.45. The van der Waals surface area contributed by atoms with Gasteiger partial charge in [-0.1, -0.05) is 0 Å². The summed E-state index contributed by atoms with van der Waals surface area (Å²) >= 11 is 0. The predicted octanol–water partition coefficient (Wildman–Crippen LogP) is 2.36. The van der Waals surface area contributed by atoms with Crippen LogP contribution in [0.25, 0.3) is 10.9 Å². The molecule has 2 aromatic rings. The summed E-state index contributed by atoms with van der Waals surface area (Å²) in [6, 6.07) is 5.97. The zero-order chi connectivity index (χ0) is 12.5. The zero-order valence-corrected chi connectivity index (χ0v) is 10.6. The maximum atomic E-state index is 5.53. The van der Waals surface area contributed by atoms with Crippen LogP contribution in [-0.2, 0) is 17.8 Å². The Balaban J connectivity index is 2.30. The number of fused-ring (bicyclic) bond motifs is 2. The number of rotatable bonds is 2. The number of ether oxygens (including phenoxy) is 2. The van der Waals surface area contributed by atoms with Gasteiger partial charge in [-0.25, -0.2) is 0 Å². The van der Waals surface area contributed by atoms with Crippen molar-refractivity contribution < 1.29 is 9.47 Å². The molecule has 0 aliphatic carbocycles. The Kier molecular flexibility index (Phi) is 2.80. The summed E-state index contributed by atoms with van der Waals surface area (Å²) in [5.74, 6) is 0.845. The van der Waals surface area contributed by atoms with E-state index in [0.29, 0.717) is 6.61 Å². The van der Waals surface area contributed by atoms with Gasteiger partial charge in [0.25, 0.3) is 0 Å². The third kappa shape index (κ3) is 1.69. The third-order valence-corrected chi connectivity index (χ3v) is 3.36. The highest BCUT2D eigenvalue weighted by Crippen LogP contribution is 2.33. The lowest BCUT2D eigenvalue weighted by molar-refractivity contribution is 0.110. The largest absolute Gasteiger partial charge is 0.497 e. The van der Waals surface area contributed by atoms with Gasteiger partial charge in [0.2, 0.25) is 0 Å². The minimum absolute atomic E-state index is 0.631. The van der Waals surface area contributed by atoms with Crippen LogP contribution in [0.1, 0.15) is 11.3 Å². The second kappa shape index (κ2) is 4.46. The van der Waals surface area contributed by atoms with Gasteiger partial charge in [0.05, 0.1) is 37.2 Å². The number of nitrogens with one attached hydrogen (secondary N) is 1. The van der Waals surface area contributed by atoms with Crippen LogP contribution in [0.2, 0.25) is 0 Å². The summed E-state index contributed by atoms with van der Waals surface area (Å²) in [6.07, 6.45) is 0.881. The van der Waals surface area contributed by atoms with Gasteiger partial charge in [-0.3, -0.25) is 4.98 Å². The van der Waals surface area contributed by atoms with E-state index in [1.165, 1.54) is 5.56 Å². The standard InChI is InChI=1S/C14H16N2O2/c1-15-14-10-7-9(17-2)3-4-12(10)16-13-5-6-18-8-11(13)14/h3-4,7H,5-6,8H2,1-2H3,(H,15,16). The summed E-state index contributed by atoms with van der Waals surface area (Å²) in [4.78, 5) is 4.72. The van der Waals surface area contributed by atoms with Crippen LogP contribution in [-0.4, -0.2) is 25.7 Å². The van der Waals surface area contributed by atoms with Gasteiger partial charge in [-0.2, -0.15) is 0 Å². The van der Waals surface area contributed by atoms with Crippen LogP contribution in [0.3, 0.4) is 0 Å². The summed E-state index contributed by atoms with van der Waals surface area (Å²) < 4.78 is 10.8. The number of pyridine rings is 1. The van der Waals surface area contributed by atoms with Crippen LogP contribution in [0.15, 0.2) is 18.2 Å². The summed E-state index contributed by atoms with van der Waals surface area (Å²) in [5, 5.41) is 4.36. The molecule has 0 bridgehead atoms. The van der Waals surface area contributed by atoms with Gasteiger partial charge < -0.3 is 14.8 Å². The van der Waals surface area contributed by atoms with Crippen molar-refractivity contribution in [3.8, 4) is 5.75 Å². The SMILES string of the molecule is CNc1c2c(nc3ccc(OC)cc13)CCOC2. The van der Waals surface area contributed by atoms with Crippen molar-refractivity contribution in [3.63, 3.8) is 0 Å². The van der Waals surface area contributed by atoms with E-state index in [0.717, 1.165) is 41.1 Å². The molecule has 0 saturated carbocycles. The Morgan fingerprint density at radius 2 is 2.28 bits per heavy atom. The van der Waals surface area contributed by atoms with E-state index in [2.05, 4.69) is 5.32 Å². The van der Waals surface area contributed by atoms with Crippen LogP contribution >= 0.6 is 0 Å². The first-order chi connectivity index (χ1) is 8.83. The molecule has 0 atom stereocenters. The average molecular weight is 244 g/mol. The molecular formula is C14H16N2O2. The highest BCUT2D eigenvalue weighted by molar-refractivity contribution is 5.94. The highest BCUT2D eigenvalue weighted by atomic mass is 16.5. The van der Waals surface area contributed by atoms with Crippen LogP contribution in [0, 0.1) is 0 Å². The van der Waals surface area contributed by atoms with Gasteiger partial charge >= 0.3 is 0 Å². The van der Waals surface area contributed by atoms with Gasteiger partial charge in [0.15, 0.2) is 0 Å². The number of methoxy groups -OCH3 is 1. The first kappa shape index (κ1) is 11.3. The van der Waals surface area contributed by atoms with Gasteiger partial charge in [-0.15, -0.1) is 0 Å². The Morgan fingerprint density at radius 1 is 1.39 bits per heavy atom. The number of aromatic nitrogens is 1. The molecule has 1 aliphatic heterocycles. The maximum Gasteiger partial charge on any atom is 0.119 e.